The lowest BCUT2D eigenvalue weighted by Gasteiger charge is -2.37. The van der Waals surface area contributed by atoms with Gasteiger partial charge in [0, 0.05) is 38.3 Å². The second-order valence-electron chi connectivity index (χ2n) is 7.59. The first-order valence-corrected chi connectivity index (χ1v) is 9.55. The fraction of sp³-hybridized carbons (Fsp3) is 0.889. The van der Waals surface area contributed by atoms with Gasteiger partial charge in [-0.25, -0.2) is 4.79 Å². The molecule has 0 aromatic carbocycles. The number of carbonyl (C=O) groups is 1. The molecule has 1 heterocycles. The molecule has 0 bridgehead atoms. The van der Waals surface area contributed by atoms with Gasteiger partial charge in [-0.2, -0.15) is 0 Å². The van der Waals surface area contributed by atoms with Gasteiger partial charge < -0.3 is 25.4 Å². The number of alkyl carbamates (subject to hydrolysis) is 1. The smallest absolute Gasteiger partial charge is 0.407 e. The molecule has 1 saturated heterocycles. The van der Waals surface area contributed by atoms with Crippen LogP contribution in [-0.4, -0.2) is 80.6 Å². The summed E-state index contributed by atoms with van der Waals surface area (Å²) in [4.78, 5) is 18.7. The van der Waals surface area contributed by atoms with E-state index in [9.17, 15) is 4.79 Å². The minimum atomic E-state index is -0.485. The van der Waals surface area contributed by atoms with E-state index in [2.05, 4.69) is 39.7 Å². The second kappa shape index (κ2) is 11.2. The van der Waals surface area contributed by atoms with Gasteiger partial charge in [0.25, 0.3) is 0 Å². The van der Waals surface area contributed by atoms with Crippen molar-refractivity contribution in [3.8, 4) is 0 Å². The summed E-state index contributed by atoms with van der Waals surface area (Å²) in [6.07, 6.45) is -0.406. The first-order chi connectivity index (χ1) is 12.2. The summed E-state index contributed by atoms with van der Waals surface area (Å²) in [5.74, 6) is 0.756. The maximum atomic E-state index is 11.6. The van der Waals surface area contributed by atoms with E-state index in [1.165, 1.54) is 0 Å². The number of aliphatic imine (C=N–C) groups is 1. The highest BCUT2D eigenvalue weighted by molar-refractivity contribution is 5.79. The second-order valence-corrected chi connectivity index (χ2v) is 7.59. The standard InChI is InChI=1S/C18H37N5O3/c1-7-19-16(20-8-9-21-17(24)26-18(4,5)6)22-12-14(2)23-10-11-25-13-15(23)3/h14-15H,7-13H2,1-6H3,(H,21,24)(H2,19,20,22). The van der Waals surface area contributed by atoms with E-state index in [1.807, 2.05) is 27.7 Å². The van der Waals surface area contributed by atoms with Gasteiger partial charge >= 0.3 is 6.09 Å². The molecule has 1 amide bonds. The van der Waals surface area contributed by atoms with Crippen LogP contribution in [0.25, 0.3) is 0 Å². The maximum absolute atomic E-state index is 11.6. The number of amides is 1. The first-order valence-electron chi connectivity index (χ1n) is 9.55. The van der Waals surface area contributed by atoms with Crippen molar-refractivity contribution in [2.45, 2.75) is 59.2 Å². The summed E-state index contributed by atoms with van der Waals surface area (Å²) in [5.41, 5.74) is -0.485. The summed E-state index contributed by atoms with van der Waals surface area (Å²) in [7, 11) is 0. The quantitative estimate of drug-likeness (QED) is 0.354. The van der Waals surface area contributed by atoms with Gasteiger partial charge in [-0.1, -0.05) is 0 Å². The molecule has 1 aliphatic rings. The fourth-order valence-corrected chi connectivity index (χ4v) is 2.72. The Hall–Kier alpha value is -1.54. The Kier molecular flexibility index (Phi) is 9.72. The Bertz CT molecular complexity index is 451. The predicted octanol–water partition coefficient (Wildman–Crippen LogP) is 1.18. The van der Waals surface area contributed by atoms with Crippen LogP contribution < -0.4 is 16.0 Å². The summed E-state index contributed by atoms with van der Waals surface area (Å²) in [6.45, 7) is 17.0. The third-order valence-corrected chi connectivity index (χ3v) is 3.93. The Morgan fingerprint density at radius 2 is 2.00 bits per heavy atom. The Morgan fingerprint density at radius 1 is 1.31 bits per heavy atom. The molecule has 0 saturated carbocycles. The number of ether oxygens (including phenoxy) is 2. The van der Waals surface area contributed by atoms with Crippen molar-refractivity contribution in [2.75, 3.05) is 45.9 Å². The predicted molar refractivity (Wildman–Crippen MR) is 105 cm³/mol. The van der Waals surface area contributed by atoms with Crippen molar-refractivity contribution < 1.29 is 14.3 Å². The Morgan fingerprint density at radius 3 is 2.62 bits per heavy atom. The molecule has 2 atom stereocenters. The normalized spacial score (nSPS) is 20.4. The first kappa shape index (κ1) is 22.5. The van der Waals surface area contributed by atoms with E-state index in [4.69, 9.17) is 9.47 Å². The number of rotatable bonds is 7. The van der Waals surface area contributed by atoms with Crippen LogP contribution in [0.1, 0.15) is 41.5 Å². The molecule has 3 N–H and O–H groups in total. The van der Waals surface area contributed by atoms with Crippen LogP contribution in [-0.2, 0) is 9.47 Å². The molecule has 8 heteroatoms. The molecule has 0 aliphatic carbocycles. The highest BCUT2D eigenvalue weighted by atomic mass is 16.6. The number of carbonyl (C=O) groups excluding carboxylic acids is 1. The van der Waals surface area contributed by atoms with E-state index in [0.717, 1.165) is 32.3 Å². The fourth-order valence-electron chi connectivity index (χ4n) is 2.72. The average Bonchev–Trinajstić information content (AvgIpc) is 2.55. The van der Waals surface area contributed by atoms with Gasteiger partial charge in [-0.15, -0.1) is 0 Å². The zero-order valence-electron chi connectivity index (χ0n) is 17.2. The molecule has 0 radical (unpaired) electrons. The number of morpholine rings is 1. The molecule has 26 heavy (non-hydrogen) atoms. The molecule has 1 rings (SSSR count). The van der Waals surface area contributed by atoms with Crippen LogP contribution in [0.5, 0.6) is 0 Å². The molecule has 2 unspecified atom stereocenters. The van der Waals surface area contributed by atoms with Crippen LogP contribution in [0.15, 0.2) is 4.99 Å². The van der Waals surface area contributed by atoms with Crippen molar-refractivity contribution in [3.05, 3.63) is 0 Å². The molecule has 0 aromatic heterocycles. The molecule has 0 spiro atoms. The molecular formula is C18H37N5O3. The largest absolute Gasteiger partial charge is 0.444 e. The summed E-state index contributed by atoms with van der Waals surface area (Å²) in [6, 6.07) is 0.770. The number of hydrogen-bond donors (Lipinski definition) is 3. The van der Waals surface area contributed by atoms with Crippen molar-refractivity contribution >= 4 is 12.1 Å². The lowest BCUT2D eigenvalue weighted by Crippen LogP contribution is -2.50. The lowest BCUT2D eigenvalue weighted by atomic mass is 10.2. The number of nitrogens with zero attached hydrogens (tertiary/aromatic N) is 2. The molecule has 8 nitrogen and oxygen atoms in total. The SMILES string of the molecule is CCNC(=NCC(C)N1CCOCC1C)NCCNC(=O)OC(C)(C)C. The Balaban J connectivity index is 2.37. The van der Waals surface area contributed by atoms with Gasteiger partial charge in [-0.05, 0) is 41.5 Å². The molecule has 0 aromatic rings. The van der Waals surface area contributed by atoms with Crippen molar-refractivity contribution in [2.24, 2.45) is 4.99 Å². The average molecular weight is 372 g/mol. The topological polar surface area (TPSA) is 87.2 Å². The molecule has 1 aliphatic heterocycles. The molecule has 152 valence electrons. The van der Waals surface area contributed by atoms with E-state index in [-0.39, 0.29) is 0 Å². The Labute approximate surface area is 158 Å². The lowest BCUT2D eigenvalue weighted by molar-refractivity contribution is -0.0165. The van der Waals surface area contributed by atoms with Gasteiger partial charge in [0.1, 0.15) is 5.60 Å². The minimum absolute atomic E-state index is 0.351. The van der Waals surface area contributed by atoms with Crippen molar-refractivity contribution in [1.82, 2.24) is 20.9 Å². The number of hydrogen-bond acceptors (Lipinski definition) is 5. The zero-order chi connectivity index (χ0) is 19.6. The maximum Gasteiger partial charge on any atom is 0.407 e. The van der Waals surface area contributed by atoms with E-state index in [1.54, 1.807) is 0 Å². The highest BCUT2D eigenvalue weighted by Gasteiger charge is 2.23. The van der Waals surface area contributed by atoms with E-state index < -0.39 is 11.7 Å². The monoisotopic (exact) mass is 371 g/mol. The minimum Gasteiger partial charge on any atom is -0.444 e. The van der Waals surface area contributed by atoms with Gasteiger partial charge in [0.2, 0.25) is 0 Å². The zero-order valence-corrected chi connectivity index (χ0v) is 17.2. The summed E-state index contributed by atoms with van der Waals surface area (Å²) >= 11 is 0. The van der Waals surface area contributed by atoms with Gasteiger partial charge in [-0.3, -0.25) is 9.89 Å². The summed E-state index contributed by atoms with van der Waals surface area (Å²) in [5, 5.41) is 9.19. The molecular weight excluding hydrogens is 334 g/mol. The summed E-state index contributed by atoms with van der Waals surface area (Å²) < 4.78 is 10.7. The van der Waals surface area contributed by atoms with Crippen LogP contribution in [0.4, 0.5) is 4.79 Å². The third-order valence-electron chi connectivity index (χ3n) is 3.93. The van der Waals surface area contributed by atoms with Crippen LogP contribution >= 0.6 is 0 Å². The van der Waals surface area contributed by atoms with E-state index >= 15 is 0 Å². The van der Waals surface area contributed by atoms with Crippen LogP contribution in [0, 0.1) is 0 Å². The number of guanidine groups is 1. The third kappa shape index (κ3) is 9.24. The van der Waals surface area contributed by atoms with Crippen LogP contribution in [0.2, 0.25) is 0 Å². The van der Waals surface area contributed by atoms with Crippen LogP contribution in [0.3, 0.4) is 0 Å². The number of nitrogens with one attached hydrogen (secondary N) is 3. The van der Waals surface area contributed by atoms with Crippen molar-refractivity contribution in [1.29, 1.82) is 0 Å². The van der Waals surface area contributed by atoms with Gasteiger partial charge in [0.15, 0.2) is 5.96 Å². The highest BCUT2D eigenvalue weighted by Crippen LogP contribution is 2.10. The van der Waals surface area contributed by atoms with Crippen molar-refractivity contribution in [3.63, 3.8) is 0 Å². The van der Waals surface area contributed by atoms with Gasteiger partial charge in [0.05, 0.1) is 19.8 Å². The molecule has 1 fully saturated rings. The van der Waals surface area contributed by atoms with E-state index in [0.29, 0.717) is 31.7 Å².